The molecule has 1 atom stereocenters. The third-order valence-electron chi connectivity index (χ3n) is 2.70. The molecule has 1 aliphatic carbocycles. The highest BCUT2D eigenvalue weighted by atomic mass is 14.5. The topological polar surface area (TPSA) is 47.6 Å². The number of rotatable bonds is 0. The summed E-state index contributed by atoms with van der Waals surface area (Å²) in [6.07, 6.45) is 4.00. The second-order valence-corrected chi connectivity index (χ2v) is 3.34. The molecule has 0 saturated heterocycles. The maximum absolute atomic E-state index is 8.84. The van der Waals surface area contributed by atoms with Crippen LogP contribution in [0, 0.1) is 34.0 Å². The summed E-state index contributed by atoms with van der Waals surface area (Å²) in [5, 5.41) is 17.7. The lowest BCUT2D eigenvalue weighted by Gasteiger charge is -2.30. The second-order valence-electron chi connectivity index (χ2n) is 3.34. The van der Waals surface area contributed by atoms with Gasteiger partial charge in [-0.3, -0.25) is 0 Å². The van der Waals surface area contributed by atoms with E-state index in [4.69, 9.17) is 10.5 Å². The van der Waals surface area contributed by atoms with Crippen molar-refractivity contribution >= 4 is 0 Å². The molecule has 0 aromatic rings. The molecule has 1 rings (SSSR count). The average molecular weight is 148 g/mol. The SMILES string of the molecule is CC1CCCCC1(C#N)C#N. The van der Waals surface area contributed by atoms with E-state index in [1.165, 1.54) is 6.42 Å². The van der Waals surface area contributed by atoms with Gasteiger partial charge in [0.1, 0.15) is 5.41 Å². The normalized spacial score (nSPS) is 28.5. The maximum atomic E-state index is 8.84. The van der Waals surface area contributed by atoms with Gasteiger partial charge >= 0.3 is 0 Å². The Bertz CT molecular complexity index is 205. The van der Waals surface area contributed by atoms with Crippen LogP contribution < -0.4 is 0 Å². The van der Waals surface area contributed by atoms with Crippen molar-refractivity contribution in [2.24, 2.45) is 11.3 Å². The smallest absolute Gasteiger partial charge is 0.146 e. The van der Waals surface area contributed by atoms with Crippen molar-refractivity contribution < 1.29 is 0 Å². The zero-order valence-corrected chi connectivity index (χ0v) is 6.80. The molecule has 1 fully saturated rings. The molecule has 0 bridgehead atoms. The summed E-state index contributed by atoms with van der Waals surface area (Å²) in [6.45, 7) is 2.01. The van der Waals surface area contributed by atoms with Crippen molar-refractivity contribution in [1.29, 1.82) is 10.5 Å². The summed E-state index contributed by atoms with van der Waals surface area (Å²) in [5.41, 5.74) is -0.668. The van der Waals surface area contributed by atoms with E-state index >= 15 is 0 Å². The molecule has 58 valence electrons. The second kappa shape index (κ2) is 2.93. The first kappa shape index (κ1) is 8.08. The highest BCUT2D eigenvalue weighted by Crippen LogP contribution is 2.39. The molecule has 1 saturated carbocycles. The van der Waals surface area contributed by atoms with Crippen LogP contribution in [-0.4, -0.2) is 0 Å². The van der Waals surface area contributed by atoms with Gasteiger partial charge < -0.3 is 0 Å². The molecule has 1 unspecified atom stereocenters. The molecule has 0 aliphatic heterocycles. The van der Waals surface area contributed by atoms with Crippen molar-refractivity contribution in [2.45, 2.75) is 32.6 Å². The number of nitrogens with zero attached hydrogens (tertiary/aromatic N) is 2. The Morgan fingerprint density at radius 1 is 1.27 bits per heavy atom. The van der Waals surface area contributed by atoms with Crippen molar-refractivity contribution in [2.75, 3.05) is 0 Å². The standard InChI is InChI=1S/C9H12N2/c1-8-4-2-3-5-9(8,6-10)7-11/h8H,2-5H2,1H3. The maximum Gasteiger partial charge on any atom is 0.146 e. The first-order valence-corrected chi connectivity index (χ1v) is 4.08. The minimum Gasteiger partial charge on any atom is -0.197 e. The van der Waals surface area contributed by atoms with Gasteiger partial charge in [-0.05, 0) is 18.8 Å². The molecule has 0 spiro atoms. The van der Waals surface area contributed by atoms with Gasteiger partial charge in [0.25, 0.3) is 0 Å². The van der Waals surface area contributed by atoms with Crippen LogP contribution in [0.3, 0.4) is 0 Å². The predicted molar refractivity (Wildman–Crippen MR) is 41.3 cm³/mol. The van der Waals surface area contributed by atoms with E-state index in [0.29, 0.717) is 0 Å². The van der Waals surface area contributed by atoms with Crippen molar-refractivity contribution in [1.82, 2.24) is 0 Å². The largest absolute Gasteiger partial charge is 0.197 e. The van der Waals surface area contributed by atoms with Crippen LogP contribution in [0.15, 0.2) is 0 Å². The zero-order valence-electron chi connectivity index (χ0n) is 6.80. The van der Waals surface area contributed by atoms with Gasteiger partial charge in [0.05, 0.1) is 12.1 Å². The molecule has 0 aromatic heterocycles. The molecule has 0 radical (unpaired) electrons. The van der Waals surface area contributed by atoms with Gasteiger partial charge in [-0.2, -0.15) is 10.5 Å². The van der Waals surface area contributed by atoms with E-state index in [1.54, 1.807) is 0 Å². The Morgan fingerprint density at radius 3 is 2.27 bits per heavy atom. The van der Waals surface area contributed by atoms with Crippen LogP contribution in [0.5, 0.6) is 0 Å². The fraction of sp³-hybridized carbons (Fsp3) is 0.778. The Morgan fingerprint density at radius 2 is 1.91 bits per heavy atom. The van der Waals surface area contributed by atoms with Crippen LogP contribution in [0.1, 0.15) is 32.6 Å². The van der Waals surface area contributed by atoms with Crippen LogP contribution in [-0.2, 0) is 0 Å². The summed E-state index contributed by atoms with van der Waals surface area (Å²) >= 11 is 0. The summed E-state index contributed by atoms with van der Waals surface area (Å²) in [7, 11) is 0. The third-order valence-corrected chi connectivity index (χ3v) is 2.70. The third kappa shape index (κ3) is 1.21. The highest BCUT2D eigenvalue weighted by Gasteiger charge is 2.38. The summed E-state index contributed by atoms with van der Waals surface area (Å²) in [5.74, 6) is 0.256. The lowest BCUT2D eigenvalue weighted by atomic mass is 9.69. The molecule has 0 aromatic carbocycles. The Labute approximate surface area is 67.4 Å². The Hall–Kier alpha value is -1.02. The van der Waals surface area contributed by atoms with Crippen LogP contribution in [0.2, 0.25) is 0 Å². The van der Waals surface area contributed by atoms with Crippen LogP contribution in [0.4, 0.5) is 0 Å². The van der Waals surface area contributed by atoms with E-state index < -0.39 is 5.41 Å². The number of hydrogen-bond acceptors (Lipinski definition) is 2. The minimum atomic E-state index is -0.668. The molecule has 0 amide bonds. The summed E-state index contributed by atoms with van der Waals surface area (Å²) in [6, 6.07) is 4.31. The molecule has 0 heterocycles. The van der Waals surface area contributed by atoms with E-state index in [9.17, 15) is 0 Å². The fourth-order valence-corrected chi connectivity index (χ4v) is 1.70. The number of nitriles is 2. The molecule has 2 nitrogen and oxygen atoms in total. The highest BCUT2D eigenvalue weighted by molar-refractivity contribution is 5.16. The van der Waals surface area contributed by atoms with E-state index in [1.807, 2.05) is 6.92 Å². The minimum absolute atomic E-state index is 0.256. The first-order valence-electron chi connectivity index (χ1n) is 4.08. The molecule has 2 heteroatoms. The first-order chi connectivity index (χ1) is 5.25. The van der Waals surface area contributed by atoms with E-state index in [-0.39, 0.29) is 5.92 Å². The number of hydrogen-bond donors (Lipinski definition) is 0. The molecule has 0 N–H and O–H groups in total. The molecular formula is C9H12N2. The van der Waals surface area contributed by atoms with Gasteiger partial charge in [-0.1, -0.05) is 19.8 Å². The molecule has 11 heavy (non-hydrogen) atoms. The average Bonchev–Trinajstić information content (AvgIpc) is 2.06. The lowest BCUT2D eigenvalue weighted by Crippen LogP contribution is -2.28. The quantitative estimate of drug-likeness (QED) is 0.528. The summed E-state index contributed by atoms with van der Waals surface area (Å²) in [4.78, 5) is 0. The van der Waals surface area contributed by atoms with Crippen LogP contribution >= 0.6 is 0 Å². The van der Waals surface area contributed by atoms with Crippen LogP contribution in [0.25, 0.3) is 0 Å². The zero-order chi connectivity index (χ0) is 8.32. The molecule has 1 aliphatic rings. The molecular weight excluding hydrogens is 136 g/mol. The van der Waals surface area contributed by atoms with Gasteiger partial charge in [0.2, 0.25) is 0 Å². The summed E-state index contributed by atoms with van der Waals surface area (Å²) < 4.78 is 0. The van der Waals surface area contributed by atoms with Crippen molar-refractivity contribution in [3.05, 3.63) is 0 Å². The van der Waals surface area contributed by atoms with E-state index in [0.717, 1.165) is 19.3 Å². The predicted octanol–water partition coefficient (Wildman–Crippen LogP) is 2.23. The van der Waals surface area contributed by atoms with Gasteiger partial charge in [-0.15, -0.1) is 0 Å². The van der Waals surface area contributed by atoms with Gasteiger partial charge in [0.15, 0.2) is 0 Å². The monoisotopic (exact) mass is 148 g/mol. The lowest BCUT2D eigenvalue weighted by molar-refractivity contribution is 0.240. The fourth-order valence-electron chi connectivity index (χ4n) is 1.70. The van der Waals surface area contributed by atoms with Gasteiger partial charge in [-0.25, -0.2) is 0 Å². The van der Waals surface area contributed by atoms with Gasteiger partial charge in [0, 0.05) is 0 Å². The van der Waals surface area contributed by atoms with E-state index in [2.05, 4.69) is 12.1 Å². The van der Waals surface area contributed by atoms with Crippen molar-refractivity contribution in [3.63, 3.8) is 0 Å². The van der Waals surface area contributed by atoms with Crippen molar-refractivity contribution in [3.8, 4) is 12.1 Å². The Balaban J connectivity index is 2.82. The Kier molecular flexibility index (Phi) is 2.15.